The zero-order valence-electron chi connectivity index (χ0n) is 20.9. The van der Waals surface area contributed by atoms with Crippen LogP contribution >= 0.6 is 0 Å². The van der Waals surface area contributed by atoms with Gasteiger partial charge in [0.1, 0.15) is 23.7 Å². The third-order valence-electron chi connectivity index (χ3n) is 6.28. The van der Waals surface area contributed by atoms with Crippen LogP contribution in [0.3, 0.4) is 0 Å². The molecule has 0 N–H and O–H groups in total. The molecule has 0 radical (unpaired) electrons. The maximum atomic E-state index is 13.4. The molecule has 1 aliphatic heterocycles. The van der Waals surface area contributed by atoms with Gasteiger partial charge in [0.25, 0.3) is 0 Å². The smallest absolute Gasteiger partial charge is 0.414 e. The summed E-state index contributed by atoms with van der Waals surface area (Å²) in [6, 6.07) is 21.6. The number of fused-ring (bicyclic) bond motifs is 1. The molecular formula is C30H33NO4. The molecule has 1 heterocycles. The highest BCUT2D eigenvalue weighted by molar-refractivity contribution is 5.89. The maximum absolute atomic E-state index is 13.4. The Balaban J connectivity index is 1.59. The summed E-state index contributed by atoms with van der Waals surface area (Å²) in [4.78, 5) is 15.1. The number of nitrogens with zero attached hydrogens (tertiary/aromatic N) is 1. The minimum Gasteiger partial charge on any atom is -0.494 e. The van der Waals surface area contributed by atoms with Gasteiger partial charge in [0.15, 0.2) is 0 Å². The monoisotopic (exact) mass is 471 g/mol. The lowest BCUT2D eigenvalue weighted by Crippen LogP contribution is -2.33. The maximum Gasteiger partial charge on any atom is 0.414 e. The third kappa shape index (κ3) is 5.86. The molecule has 1 aliphatic rings. The van der Waals surface area contributed by atoms with E-state index in [1.54, 1.807) is 4.90 Å². The second-order valence-electron chi connectivity index (χ2n) is 8.98. The molecule has 5 nitrogen and oxygen atoms in total. The molecule has 4 rings (SSSR count). The molecule has 1 amide bonds. The van der Waals surface area contributed by atoms with Crippen molar-refractivity contribution in [3.63, 3.8) is 0 Å². The van der Waals surface area contributed by atoms with Crippen LogP contribution < -0.4 is 14.4 Å². The summed E-state index contributed by atoms with van der Waals surface area (Å²) < 4.78 is 17.5. The first-order chi connectivity index (χ1) is 16.9. The zero-order valence-corrected chi connectivity index (χ0v) is 20.9. The van der Waals surface area contributed by atoms with Crippen LogP contribution in [0.4, 0.5) is 10.5 Å². The summed E-state index contributed by atoms with van der Waals surface area (Å²) in [6.45, 7) is 9.33. The molecule has 182 valence electrons. The van der Waals surface area contributed by atoms with Crippen molar-refractivity contribution >= 4 is 17.9 Å². The molecule has 0 aliphatic carbocycles. The van der Waals surface area contributed by atoms with Crippen LogP contribution in [0.25, 0.3) is 6.08 Å². The number of benzene rings is 3. The second kappa shape index (κ2) is 10.7. The van der Waals surface area contributed by atoms with E-state index in [0.717, 1.165) is 45.9 Å². The number of hydrogen-bond donors (Lipinski definition) is 0. The van der Waals surface area contributed by atoms with E-state index < -0.39 is 6.09 Å². The van der Waals surface area contributed by atoms with Crippen molar-refractivity contribution in [2.24, 2.45) is 0 Å². The number of rotatable bonds is 8. The lowest BCUT2D eigenvalue weighted by atomic mass is 9.96. The van der Waals surface area contributed by atoms with Crippen LogP contribution in [0.1, 0.15) is 49.4 Å². The van der Waals surface area contributed by atoms with Crippen LogP contribution in [0.2, 0.25) is 0 Å². The van der Waals surface area contributed by atoms with Gasteiger partial charge in [-0.3, -0.25) is 4.90 Å². The van der Waals surface area contributed by atoms with Gasteiger partial charge in [0.2, 0.25) is 0 Å². The number of ether oxygens (including phenoxy) is 3. The van der Waals surface area contributed by atoms with Crippen LogP contribution in [0.5, 0.6) is 11.5 Å². The van der Waals surface area contributed by atoms with E-state index in [9.17, 15) is 4.79 Å². The zero-order chi connectivity index (χ0) is 24.8. The van der Waals surface area contributed by atoms with E-state index in [2.05, 4.69) is 26.0 Å². The summed E-state index contributed by atoms with van der Waals surface area (Å²) in [7, 11) is 0. The van der Waals surface area contributed by atoms with Gasteiger partial charge >= 0.3 is 6.09 Å². The summed E-state index contributed by atoms with van der Waals surface area (Å²) in [6.07, 6.45) is 4.64. The number of anilines is 1. The second-order valence-corrected chi connectivity index (χ2v) is 8.98. The van der Waals surface area contributed by atoms with Gasteiger partial charge in [-0.25, -0.2) is 4.79 Å². The van der Waals surface area contributed by atoms with E-state index in [4.69, 9.17) is 14.2 Å². The SMILES string of the molecule is CCOc1ccc(COC(=O)N(Cc2ccccc2)c2cc3c(cc2C)OC(C)(CC)C=C3)cc1. The summed E-state index contributed by atoms with van der Waals surface area (Å²) in [5.41, 5.74) is 4.31. The van der Waals surface area contributed by atoms with Gasteiger partial charge in [-0.15, -0.1) is 0 Å². The van der Waals surface area contributed by atoms with Crippen molar-refractivity contribution in [2.45, 2.75) is 52.9 Å². The predicted molar refractivity (Wildman–Crippen MR) is 140 cm³/mol. The highest BCUT2D eigenvalue weighted by Crippen LogP contribution is 2.37. The molecule has 0 fully saturated rings. The van der Waals surface area contributed by atoms with Gasteiger partial charge in [0.05, 0.1) is 18.8 Å². The van der Waals surface area contributed by atoms with Crippen LogP contribution in [-0.4, -0.2) is 18.3 Å². The fraction of sp³-hybridized carbons (Fsp3) is 0.300. The lowest BCUT2D eigenvalue weighted by molar-refractivity contribution is 0.133. The van der Waals surface area contributed by atoms with Gasteiger partial charge in [-0.2, -0.15) is 0 Å². The number of hydrogen-bond acceptors (Lipinski definition) is 4. The van der Waals surface area contributed by atoms with Gasteiger partial charge in [0, 0.05) is 5.56 Å². The van der Waals surface area contributed by atoms with Crippen molar-refractivity contribution < 1.29 is 19.0 Å². The van der Waals surface area contributed by atoms with Gasteiger partial charge < -0.3 is 14.2 Å². The summed E-state index contributed by atoms with van der Waals surface area (Å²) >= 11 is 0. The fourth-order valence-corrected chi connectivity index (χ4v) is 4.02. The molecule has 0 saturated carbocycles. The average molecular weight is 472 g/mol. The standard InChI is InChI=1S/C30H33NO4/c1-5-30(4)17-16-25-19-27(22(3)18-28(25)35-30)31(20-23-10-8-7-9-11-23)29(32)34-21-24-12-14-26(15-13-24)33-6-2/h7-19H,5-6,20-21H2,1-4H3. The molecule has 0 spiro atoms. The molecule has 1 unspecified atom stereocenters. The largest absolute Gasteiger partial charge is 0.494 e. The van der Waals surface area contributed by atoms with Crippen molar-refractivity contribution in [2.75, 3.05) is 11.5 Å². The first kappa shape index (κ1) is 24.4. The topological polar surface area (TPSA) is 48.0 Å². The van der Waals surface area contributed by atoms with Crippen LogP contribution in [0, 0.1) is 6.92 Å². The molecule has 35 heavy (non-hydrogen) atoms. The lowest BCUT2D eigenvalue weighted by Gasteiger charge is -2.32. The van der Waals surface area contributed by atoms with Crippen molar-refractivity contribution in [1.29, 1.82) is 0 Å². The molecule has 3 aromatic rings. The molecule has 1 atom stereocenters. The Morgan fingerprint density at radius 2 is 1.74 bits per heavy atom. The Bertz CT molecular complexity index is 1190. The number of carbonyl (C=O) groups is 1. The Morgan fingerprint density at radius 3 is 2.43 bits per heavy atom. The molecule has 0 aromatic heterocycles. The Labute approximate surface area is 207 Å². The Morgan fingerprint density at radius 1 is 1.00 bits per heavy atom. The Kier molecular flexibility index (Phi) is 7.45. The normalized spacial score (nSPS) is 16.2. The average Bonchev–Trinajstić information content (AvgIpc) is 2.87. The highest BCUT2D eigenvalue weighted by atomic mass is 16.6. The van der Waals surface area contributed by atoms with E-state index >= 15 is 0 Å². The van der Waals surface area contributed by atoms with E-state index in [0.29, 0.717) is 13.2 Å². The van der Waals surface area contributed by atoms with Gasteiger partial charge in [-0.05, 0) is 74.2 Å². The van der Waals surface area contributed by atoms with E-state index in [1.165, 1.54) is 0 Å². The molecule has 0 saturated heterocycles. The highest BCUT2D eigenvalue weighted by Gasteiger charge is 2.28. The van der Waals surface area contributed by atoms with E-state index in [1.807, 2.05) is 80.6 Å². The minimum atomic E-state index is -0.398. The molecular weight excluding hydrogens is 438 g/mol. The Hall–Kier alpha value is -3.73. The number of aryl methyl sites for hydroxylation is 1. The van der Waals surface area contributed by atoms with Crippen molar-refractivity contribution in [1.82, 2.24) is 0 Å². The molecule has 3 aromatic carbocycles. The van der Waals surface area contributed by atoms with E-state index in [-0.39, 0.29) is 12.2 Å². The van der Waals surface area contributed by atoms with Crippen LogP contribution in [0.15, 0.2) is 72.8 Å². The third-order valence-corrected chi connectivity index (χ3v) is 6.28. The first-order valence-corrected chi connectivity index (χ1v) is 12.1. The molecule has 5 heteroatoms. The van der Waals surface area contributed by atoms with Crippen molar-refractivity contribution in [3.8, 4) is 11.5 Å². The number of amides is 1. The predicted octanol–water partition coefficient (Wildman–Crippen LogP) is 7.31. The quantitative estimate of drug-likeness (QED) is 0.346. The number of carbonyl (C=O) groups excluding carboxylic acids is 1. The first-order valence-electron chi connectivity index (χ1n) is 12.1. The van der Waals surface area contributed by atoms with Crippen LogP contribution in [-0.2, 0) is 17.9 Å². The fourth-order valence-electron chi connectivity index (χ4n) is 4.02. The van der Waals surface area contributed by atoms with Crippen molar-refractivity contribution in [3.05, 3.63) is 95.1 Å². The minimum absolute atomic E-state index is 0.179. The molecule has 0 bridgehead atoms. The summed E-state index contributed by atoms with van der Waals surface area (Å²) in [5.74, 6) is 1.63. The summed E-state index contributed by atoms with van der Waals surface area (Å²) in [5, 5.41) is 0. The van der Waals surface area contributed by atoms with Gasteiger partial charge in [-0.1, -0.05) is 55.5 Å².